The lowest BCUT2D eigenvalue weighted by molar-refractivity contribution is -0.144. The van der Waals surface area contributed by atoms with Gasteiger partial charge in [-0.25, -0.2) is 9.59 Å². The topological polar surface area (TPSA) is 64.6 Å². The van der Waals surface area contributed by atoms with E-state index in [-0.39, 0.29) is 5.92 Å². The minimum atomic E-state index is -0.749. The van der Waals surface area contributed by atoms with Gasteiger partial charge >= 0.3 is 12.1 Å². The van der Waals surface area contributed by atoms with E-state index in [1.807, 2.05) is 26.0 Å². The summed E-state index contributed by atoms with van der Waals surface area (Å²) in [4.78, 5) is 23.2. The van der Waals surface area contributed by atoms with Crippen LogP contribution in [-0.2, 0) is 14.3 Å². The fourth-order valence-electron chi connectivity index (χ4n) is 1.38. The van der Waals surface area contributed by atoms with Crippen molar-refractivity contribution in [2.75, 3.05) is 7.11 Å². The van der Waals surface area contributed by atoms with E-state index in [9.17, 15) is 9.59 Å². The molecule has 0 aromatic heterocycles. The Hall–Kier alpha value is -1.52. The van der Waals surface area contributed by atoms with Crippen molar-refractivity contribution in [3.63, 3.8) is 0 Å². The molecule has 0 saturated heterocycles. The van der Waals surface area contributed by atoms with Crippen molar-refractivity contribution in [1.82, 2.24) is 5.32 Å². The third-order valence-corrected chi connectivity index (χ3v) is 2.15. The van der Waals surface area contributed by atoms with Crippen LogP contribution >= 0.6 is 0 Å². The second-order valence-electron chi connectivity index (χ2n) is 5.03. The van der Waals surface area contributed by atoms with Gasteiger partial charge in [-0.05, 0) is 27.7 Å². The average Bonchev–Trinajstić information content (AvgIpc) is 2.22. The lowest BCUT2D eigenvalue weighted by atomic mass is 10.0. The minimum Gasteiger partial charge on any atom is -0.467 e. The highest BCUT2D eigenvalue weighted by Crippen LogP contribution is 2.10. The van der Waals surface area contributed by atoms with Gasteiger partial charge in [0.15, 0.2) is 0 Å². The summed E-state index contributed by atoms with van der Waals surface area (Å²) in [5, 5.41) is 2.52. The van der Waals surface area contributed by atoms with Crippen LogP contribution in [0.4, 0.5) is 4.79 Å². The molecule has 5 heteroatoms. The van der Waals surface area contributed by atoms with Crippen molar-refractivity contribution < 1.29 is 19.1 Å². The molecule has 104 valence electrons. The number of rotatable bonds is 4. The molecular formula is C13H23NO4. The minimum absolute atomic E-state index is 0.171. The van der Waals surface area contributed by atoms with Gasteiger partial charge in [-0.3, -0.25) is 0 Å². The molecule has 18 heavy (non-hydrogen) atoms. The summed E-state index contributed by atoms with van der Waals surface area (Å²) in [6, 6.07) is -0.749. The number of allylic oxidation sites excluding steroid dienone is 1. The summed E-state index contributed by atoms with van der Waals surface area (Å²) >= 11 is 0. The Balaban J connectivity index is 4.70. The largest absolute Gasteiger partial charge is 0.467 e. The monoisotopic (exact) mass is 257 g/mol. The molecule has 0 aromatic rings. The van der Waals surface area contributed by atoms with E-state index in [1.54, 1.807) is 20.8 Å². The molecule has 2 atom stereocenters. The predicted octanol–water partition coefficient (Wildman–Crippen LogP) is 2.26. The third-order valence-electron chi connectivity index (χ3n) is 2.15. The SMILES string of the molecule is C/C=C/[C@@H](C)[C@@H](NC(=O)OC(C)(C)C)C(=O)OC. The maximum Gasteiger partial charge on any atom is 0.408 e. The van der Waals surface area contributed by atoms with Gasteiger partial charge < -0.3 is 14.8 Å². The second-order valence-corrected chi connectivity index (χ2v) is 5.03. The number of nitrogens with one attached hydrogen (secondary N) is 1. The first-order chi connectivity index (χ1) is 8.21. The molecule has 0 heterocycles. The quantitative estimate of drug-likeness (QED) is 0.620. The van der Waals surface area contributed by atoms with Crippen LogP contribution in [0.5, 0.6) is 0 Å². The van der Waals surface area contributed by atoms with E-state index in [4.69, 9.17) is 4.74 Å². The summed E-state index contributed by atoms with van der Waals surface area (Å²) in [7, 11) is 1.29. The smallest absolute Gasteiger partial charge is 0.408 e. The molecule has 1 amide bonds. The van der Waals surface area contributed by atoms with Crippen molar-refractivity contribution in [3.05, 3.63) is 12.2 Å². The number of alkyl carbamates (subject to hydrolysis) is 1. The van der Waals surface area contributed by atoms with Crippen LogP contribution in [-0.4, -0.2) is 30.8 Å². The second kappa shape index (κ2) is 7.03. The lowest BCUT2D eigenvalue weighted by Gasteiger charge is -2.24. The van der Waals surface area contributed by atoms with Crippen LogP contribution in [0.15, 0.2) is 12.2 Å². The number of carbonyl (C=O) groups excluding carboxylic acids is 2. The van der Waals surface area contributed by atoms with Crippen LogP contribution in [0.1, 0.15) is 34.6 Å². The lowest BCUT2D eigenvalue weighted by Crippen LogP contribution is -2.47. The van der Waals surface area contributed by atoms with E-state index in [2.05, 4.69) is 10.1 Å². The summed E-state index contributed by atoms with van der Waals surface area (Å²) in [6.45, 7) is 8.94. The van der Waals surface area contributed by atoms with Gasteiger partial charge in [-0.1, -0.05) is 19.1 Å². The van der Waals surface area contributed by atoms with E-state index in [0.717, 1.165) is 0 Å². The summed E-state index contributed by atoms with van der Waals surface area (Å²) in [5.74, 6) is -0.665. The van der Waals surface area contributed by atoms with Crippen LogP contribution in [0.3, 0.4) is 0 Å². The highest BCUT2D eigenvalue weighted by atomic mass is 16.6. The highest BCUT2D eigenvalue weighted by molar-refractivity contribution is 5.81. The number of hydrogen-bond donors (Lipinski definition) is 1. The first-order valence-electron chi connectivity index (χ1n) is 5.91. The van der Waals surface area contributed by atoms with Crippen molar-refractivity contribution >= 4 is 12.1 Å². The van der Waals surface area contributed by atoms with E-state index in [1.165, 1.54) is 7.11 Å². The van der Waals surface area contributed by atoms with Crippen LogP contribution < -0.4 is 5.32 Å². The summed E-state index contributed by atoms with van der Waals surface area (Å²) < 4.78 is 9.78. The number of carbonyl (C=O) groups is 2. The Bertz CT molecular complexity index is 317. The molecule has 0 aliphatic carbocycles. The Morgan fingerprint density at radius 1 is 1.28 bits per heavy atom. The van der Waals surface area contributed by atoms with Gasteiger partial charge in [-0.2, -0.15) is 0 Å². The van der Waals surface area contributed by atoms with E-state index >= 15 is 0 Å². The van der Waals surface area contributed by atoms with E-state index < -0.39 is 23.7 Å². The van der Waals surface area contributed by atoms with Gasteiger partial charge in [0.1, 0.15) is 11.6 Å². The molecule has 0 saturated carbocycles. The van der Waals surface area contributed by atoms with Crippen molar-refractivity contribution in [2.24, 2.45) is 5.92 Å². The number of esters is 1. The zero-order valence-corrected chi connectivity index (χ0v) is 11.9. The molecule has 0 spiro atoms. The number of methoxy groups -OCH3 is 1. The zero-order chi connectivity index (χ0) is 14.3. The first kappa shape index (κ1) is 16.5. The van der Waals surface area contributed by atoms with Gasteiger partial charge in [0.2, 0.25) is 0 Å². The molecule has 0 fully saturated rings. The van der Waals surface area contributed by atoms with Crippen LogP contribution in [0.25, 0.3) is 0 Å². The van der Waals surface area contributed by atoms with Gasteiger partial charge in [0, 0.05) is 5.92 Å². The third kappa shape index (κ3) is 6.27. The van der Waals surface area contributed by atoms with Gasteiger partial charge in [0.05, 0.1) is 7.11 Å². The summed E-state index contributed by atoms with van der Waals surface area (Å²) in [6.07, 6.45) is 3.00. The van der Waals surface area contributed by atoms with Crippen LogP contribution in [0, 0.1) is 5.92 Å². The standard InChI is InChI=1S/C13H23NO4/c1-7-8-9(2)10(11(15)17-6)14-12(16)18-13(3,4)5/h7-10H,1-6H3,(H,14,16)/b8-7+/t9-,10-/m1/s1. The summed E-state index contributed by atoms with van der Waals surface area (Å²) in [5.41, 5.74) is -0.603. The van der Waals surface area contributed by atoms with Gasteiger partial charge in [0.25, 0.3) is 0 Å². The molecule has 0 radical (unpaired) electrons. The maximum atomic E-state index is 11.6. The maximum absolute atomic E-state index is 11.6. The fraction of sp³-hybridized carbons (Fsp3) is 0.692. The number of hydrogen-bond acceptors (Lipinski definition) is 4. The molecule has 0 unspecified atom stereocenters. The van der Waals surface area contributed by atoms with Crippen molar-refractivity contribution in [2.45, 2.75) is 46.3 Å². The molecule has 0 aliphatic rings. The zero-order valence-electron chi connectivity index (χ0n) is 11.9. The number of amides is 1. The molecule has 0 bridgehead atoms. The van der Waals surface area contributed by atoms with E-state index in [0.29, 0.717) is 0 Å². The average molecular weight is 257 g/mol. The molecule has 0 rings (SSSR count). The Morgan fingerprint density at radius 2 is 1.83 bits per heavy atom. The normalized spacial score (nSPS) is 15.0. The Morgan fingerprint density at radius 3 is 2.22 bits per heavy atom. The van der Waals surface area contributed by atoms with Crippen molar-refractivity contribution in [3.8, 4) is 0 Å². The molecule has 1 N–H and O–H groups in total. The predicted molar refractivity (Wildman–Crippen MR) is 69.2 cm³/mol. The molecule has 5 nitrogen and oxygen atoms in total. The van der Waals surface area contributed by atoms with Gasteiger partial charge in [-0.15, -0.1) is 0 Å². The molecular weight excluding hydrogens is 234 g/mol. The van der Waals surface area contributed by atoms with Crippen LogP contribution in [0.2, 0.25) is 0 Å². The number of ether oxygens (including phenoxy) is 2. The highest BCUT2D eigenvalue weighted by Gasteiger charge is 2.28. The first-order valence-corrected chi connectivity index (χ1v) is 5.91. The Labute approximate surface area is 109 Å². The Kier molecular flexibility index (Phi) is 6.44. The molecule has 0 aromatic carbocycles. The van der Waals surface area contributed by atoms with Crippen molar-refractivity contribution in [1.29, 1.82) is 0 Å². The fourth-order valence-corrected chi connectivity index (χ4v) is 1.38. The molecule has 0 aliphatic heterocycles.